The zero-order valence-corrected chi connectivity index (χ0v) is 5.34. The van der Waals surface area contributed by atoms with E-state index in [-0.39, 0.29) is 0 Å². The van der Waals surface area contributed by atoms with E-state index < -0.39 is 0 Å². The van der Waals surface area contributed by atoms with Gasteiger partial charge in [0.2, 0.25) is 0 Å². The van der Waals surface area contributed by atoms with Crippen molar-refractivity contribution in [3.63, 3.8) is 0 Å². The average Bonchev–Trinajstić information content (AvgIpc) is 2.45. The second kappa shape index (κ2) is 1.81. The van der Waals surface area contributed by atoms with Crippen molar-refractivity contribution < 1.29 is 4.79 Å². The highest BCUT2D eigenvalue weighted by atomic mass is 16.1. The van der Waals surface area contributed by atoms with Crippen LogP contribution in [-0.2, 0) is 4.79 Å². The predicted molar refractivity (Wildman–Crippen MR) is 34.1 cm³/mol. The maximum atomic E-state index is 10.4. The van der Waals surface area contributed by atoms with Gasteiger partial charge in [-0.1, -0.05) is 0 Å². The van der Waals surface area contributed by atoms with E-state index in [1.54, 1.807) is 0 Å². The lowest BCUT2D eigenvalue weighted by atomic mass is 9.97. The minimum Gasteiger partial charge on any atom is -0.314 e. The van der Waals surface area contributed by atoms with E-state index in [0.717, 1.165) is 19.3 Å². The van der Waals surface area contributed by atoms with Crippen LogP contribution < -0.4 is 5.32 Å². The van der Waals surface area contributed by atoms with Gasteiger partial charge in [-0.3, -0.25) is 0 Å². The van der Waals surface area contributed by atoms with E-state index in [0.29, 0.717) is 17.9 Å². The number of rotatable bonds is 1. The molecule has 0 aromatic carbocycles. The van der Waals surface area contributed by atoms with Crippen molar-refractivity contribution >= 4 is 6.29 Å². The fraction of sp³-hybridized carbons (Fsp3) is 0.857. The van der Waals surface area contributed by atoms with Crippen LogP contribution in [0.25, 0.3) is 0 Å². The van der Waals surface area contributed by atoms with Crippen LogP contribution in [0.5, 0.6) is 0 Å². The third-order valence-electron chi connectivity index (χ3n) is 2.59. The van der Waals surface area contributed by atoms with Gasteiger partial charge in [0, 0.05) is 12.0 Å². The van der Waals surface area contributed by atoms with E-state index in [4.69, 9.17) is 0 Å². The van der Waals surface area contributed by atoms with Crippen LogP contribution in [0.2, 0.25) is 0 Å². The molecule has 0 spiro atoms. The molecule has 1 heterocycles. The Balaban J connectivity index is 2.09. The summed E-state index contributed by atoms with van der Waals surface area (Å²) >= 11 is 0. The summed E-state index contributed by atoms with van der Waals surface area (Å²) < 4.78 is 0. The van der Waals surface area contributed by atoms with Gasteiger partial charge in [0.05, 0.1) is 0 Å². The Labute approximate surface area is 54.6 Å². The van der Waals surface area contributed by atoms with Gasteiger partial charge in [-0.2, -0.15) is 0 Å². The van der Waals surface area contributed by atoms with E-state index in [1.807, 2.05) is 0 Å². The first-order chi connectivity index (χ1) is 4.40. The number of hydrogen-bond acceptors (Lipinski definition) is 2. The molecule has 2 aliphatic rings. The van der Waals surface area contributed by atoms with Gasteiger partial charge >= 0.3 is 0 Å². The summed E-state index contributed by atoms with van der Waals surface area (Å²) in [5.41, 5.74) is 0. The number of hydrogen-bond donors (Lipinski definition) is 1. The Hall–Kier alpha value is -0.370. The first-order valence-corrected chi connectivity index (χ1v) is 3.59. The van der Waals surface area contributed by atoms with E-state index in [9.17, 15) is 4.79 Å². The first kappa shape index (κ1) is 5.42. The normalized spacial score (nSPS) is 47.8. The second-order valence-electron chi connectivity index (χ2n) is 3.14. The number of piperidine rings is 1. The molecule has 2 fully saturated rings. The summed E-state index contributed by atoms with van der Waals surface area (Å²) in [4.78, 5) is 10.4. The highest BCUT2D eigenvalue weighted by Crippen LogP contribution is 2.34. The summed E-state index contributed by atoms with van der Waals surface area (Å²) in [5, 5.41) is 3.36. The summed E-state index contributed by atoms with van der Waals surface area (Å²) in [6, 6.07) is 0.671. The second-order valence-corrected chi connectivity index (χ2v) is 3.14. The van der Waals surface area contributed by atoms with Crippen LogP contribution in [0, 0.1) is 11.8 Å². The molecule has 1 saturated carbocycles. The largest absolute Gasteiger partial charge is 0.314 e. The zero-order valence-electron chi connectivity index (χ0n) is 5.34. The van der Waals surface area contributed by atoms with Crippen LogP contribution in [0.4, 0.5) is 0 Å². The standard InChI is InChI=1S/C7H11NO/c9-4-6-2-7-1-5(6)3-8-7/h4-8H,1-3H2. The molecular weight excluding hydrogens is 114 g/mol. The Kier molecular flexibility index (Phi) is 1.09. The van der Waals surface area contributed by atoms with Crippen molar-refractivity contribution in [2.24, 2.45) is 11.8 Å². The number of carbonyl (C=O) groups is 1. The predicted octanol–water partition coefficient (Wildman–Crippen LogP) is 0.183. The molecule has 50 valence electrons. The van der Waals surface area contributed by atoms with Crippen molar-refractivity contribution in [1.82, 2.24) is 5.32 Å². The van der Waals surface area contributed by atoms with Gasteiger partial charge in [0.15, 0.2) is 0 Å². The lowest BCUT2D eigenvalue weighted by Gasteiger charge is -2.15. The molecule has 2 nitrogen and oxygen atoms in total. The van der Waals surface area contributed by atoms with Gasteiger partial charge in [-0.05, 0) is 25.3 Å². The van der Waals surface area contributed by atoms with Crippen molar-refractivity contribution in [3.8, 4) is 0 Å². The number of nitrogens with one attached hydrogen (secondary N) is 1. The van der Waals surface area contributed by atoms with Crippen molar-refractivity contribution in [1.29, 1.82) is 0 Å². The highest BCUT2D eigenvalue weighted by molar-refractivity contribution is 5.55. The summed E-state index contributed by atoms with van der Waals surface area (Å²) in [6.07, 6.45) is 3.46. The topological polar surface area (TPSA) is 29.1 Å². The summed E-state index contributed by atoms with van der Waals surface area (Å²) in [6.45, 7) is 1.08. The Morgan fingerprint density at radius 2 is 2.33 bits per heavy atom. The molecule has 1 N–H and O–H groups in total. The SMILES string of the molecule is O=CC1CC2CC1CN2. The molecule has 9 heavy (non-hydrogen) atoms. The molecule has 1 aliphatic heterocycles. The van der Waals surface area contributed by atoms with Crippen molar-refractivity contribution in [2.45, 2.75) is 18.9 Å². The molecule has 2 bridgehead atoms. The van der Waals surface area contributed by atoms with Crippen LogP contribution in [0.3, 0.4) is 0 Å². The highest BCUT2D eigenvalue weighted by Gasteiger charge is 2.38. The van der Waals surface area contributed by atoms with Gasteiger partial charge in [-0.15, -0.1) is 0 Å². The maximum Gasteiger partial charge on any atom is 0.123 e. The van der Waals surface area contributed by atoms with Crippen molar-refractivity contribution in [3.05, 3.63) is 0 Å². The molecule has 1 saturated heterocycles. The average molecular weight is 125 g/mol. The monoisotopic (exact) mass is 125 g/mol. The van der Waals surface area contributed by atoms with Crippen LogP contribution in [0.1, 0.15) is 12.8 Å². The molecule has 0 amide bonds. The molecule has 1 aliphatic carbocycles. The quantitative estimate of drug-likeness (QED) is 0.507. The molecule has 2 rings (SSSR count). The van der Waals surface area contributed by atoms with Crippen LogP contribution >= 0.6 is 0 Å². The lowest BCUT2D eigenvalue weighted by Crippen LogP contribution is -2.30. The van der Waals surface area contributed by atoms with Crippen LogP contribution in [0.15, 0.2) is 0 Å². The zero-order chi connectivity index (χ0) is 6.27. The minimum atomic E-state index is 0.385. The van der Waals surface area contributed by atoms with Gasteiger partial charge < -0.3 is 10.1 Å². The maximum absolute atomic E-state index is 10.4. The smallest absolute Gasteiger partial charge is 0.123 e. The molecule has 0 aromatic rings. The molecule has 0 radical (unpaired) electrons. The summed E-state index contributed by atoms with van der Waals surface area (Å²) in [7, 11) is 0. The molecule has 3 unspecified atom stereocenters. The van der Waals surface area contributed by atoms with Crippen molar-refractivity contribution in [2.75, 3.05) is 6.54 Å². The minimum absolute atomic E-state index is 0.385. The van der Waals surface area contributed by atoms with Gasteiger partial charge in [0.1, 0.15) is 6.29 Å². The fourth-order valence-corrected chi connectivity index (χ4v) is 2.04. The number of aldehydes is 1. The van der Waals surface area contributed by atoms with Crippen LogP contribution in [-0.4, -0.2) is 18.9 Å². The molecule has 3 atom stereocenters. The van der Waals surface area contributed by atoms with E-state index in [1.165, 1.54) is 6.42 Å². The van der Waals surface area contributed by atoms with Gasteiger partial charge in [-0.25, -0.2) is 0 Å². The Bertz CT molecular complexity index is 135. The first-order valence-electron chi connectivity index (χ1n) is 3.59. The lowest BCUT2D eigenvalue weighted by molar-refractivity contribution is -0.112. The number of fused-ring (bicyclic) bond motifs is 2. The third-order valence-corrected chi connectivity index (χ3v) is 2.59. The molecule has 0 aromatic heterocycles. The Morgan fingerprint density at radius 3 is 2.67 bits per heavy atom. The van der Waals surface area contributed by atoms with Gasteiger partial charge in [0.25, 0.3) is 0 Å². The molecular formula is C7H11NO. The van der Waals surface area contributed by atoms with E-state index in [2.05, 4.69) is 5.32 Å². The third kappa shape index (κ3) is 0.697. The number of carbonyl (C=O) groups excluding carboxylic acids is 1. The Morgan fingerprint density at radius 1 is 1.44 bits per heavy atom. The fourth-order valence-electron chi connectivity index (χ4n) is 2.04. The van der Waals surface area contributed by atoms with E-state index >= 15 is 0 Å². The molecule has 2 heteroatoms. The summed E-state index contributed by atoms with van der Waals surface area (Å²) in [5.74, 6) is 1.06.